The fourth-order valence-corrected chi connectivity index (χ4v) is 1.50. The molecule has 4 nitrogen and oxygen atoms in total. The lowest BCUT2D eigenvalue weighted by Crippen LogP contribution is -2.12. The molecule has 1 rings (SSSR count). The van der Waals surface area contributed by atoms with Crippen LogP contribution in [-0.2, 0) is 11.2 Å². The summed E-state index contributed by atoms with van der Waals surface area (Å²) in [5.41, 5.74) is 0.887. The molecule has 1 heterocycles. The molecule has 0 unspecified atom stereocenters. The van der Waals surface area contributed by atoms with E-state index >= 15 is 0 Å². The Kier molecular flexibility index (Phi) is 5.49. The van der Waals surface area contributed by atoms with E-state index in [1.807, 2.05) is 6.92 Å². The molecule has 90 valence electrons. The van der Waals surface area contributed by atoms with E-state index in [1.165, 1.54) is 0 Å². The molecule has 0 saturated carbocycles. The molecular formula is C11H18ClN3O. The predicted molar refractivity (Wildman–Crippen MR) is 66.1 cm³/mol. The number of ether oxygens (including phenoxy) is 1. The Bertz CT molecular complexity index is 344. The van der Waals surface area contributed by atoms with Gasteiger partial charge in [-0.1, -0.05) is 18.5 Å². The fraction of sp³-hybridized carbons (Fsp3) is 0.636. The summed E-state index contributed by atoms with van der Waals surface area (Å²) in [4.78, 5) is 8.67. The molecule has 0 saturated heterocycles. The van der Waals surface area contributed by atoms with E-state index in [1.54, 1.807) is 7.11 Å². The molecule has 0 aliphatic carbocycles. The Balaban J connectivity index is 2.79. The van der Waals surface area contributed by atoms with Crippen molar-refractivity contribution in [1.29, 1.82) is 0 Å². The Labute approximate surface area is 101 Å². The molecule has 1 aromatic rings. The summed E-state index contributed by atoms with van der Waals surface area (Å²) in [6.07, 6.45) is 1.86. The predicted octanol–water partition coefficient (Wildman–Crippen LogP) is 2.45. The standard InChI is InChI=1S/C11H18ClN3O/c1-4-5-9-14-10(12)8(2)11(15-9)13-6-7-16-3/h4-7H2,1-3H3,(H,13,14,15). The lowest BCUT2D eigenvalue weighted by Gasteiger charge is -2.10. The van der Waals surface area contributed by atoms with Crippen LogP contribution in [0, 0.1) is 6.92 Å². The van der Waals surface area contributed by atoms with E-state index in [0.29, 0.717) is 11.8 Å². The van der Waals surface area contributed by atoms with Crippen LogP contribution >= 0.6 is 11.6 Å². The van der Waals surface area contributed by atoms with Gasteiger partial charge in [0.15, 0.2) is 0 Å². The van der Waals surface area contributed by atoms with Crippen molar-refractivity contribution < 1.29 is 4.74 Å². The second-order valence-electron chi connectivity index (χ2n) is 3.57. The molecule has 0 fully saturated rings. The van der Waals surface area contributed by atoms with Crippen LogP contribution in [-0.4, -0.2) is 30.2 Å². The number of rotatable bonds is 6. The molecule has 16 heavy (non-hydrogen) atoms. The first-order chi connectivity index (χ1) is 7.69. The summed E-state index contributed by atoms with van der Waals surface area (Å²) < 4.78 is 4.97. The zero-order valence-electron chi connectivity index (χ0n) is 10.0. The van der Waals surface area contributed by atoms with E-state index in [-0.39, 0.29) is 0 Å². The Morgan fingerprint density at radius 3 is 2.75 bits per heavy atom. The maximum absolute atomic E-state index is 6.05. The number of aryl methyl sites for hydroxylation is 1. The van der Waals surface area contributed by atoms with Crippen molar-refractivity contribution in [1.82, 2.24) is 9.97 Å². The first-order valence-electron chi connectivity index (χ1n) is 5.44. The van der Waals surface area contributed by atoms with Crippen molar-refractivity contribution in [2.75, 3.05) is 25.6 Å². The highest BCUT2D eigenvalue weighted by Crippen LogP contribution is 2.20. The number of aromatic nitrogens is 2. The topological polar surface area (TPSA) is 47.0 Å². The minimum absolute atomic E-state index is 0.526. The highest BCUT2D eigenvalue weighted by Gasteiger charge is 2.08. The van der Waals surface area contributed by atoms with Crippen LogP contribution in [0.5, 0.6) is 0 Å². The minimum atomic E-state index is 0.526. The summed E-state index contributed by atoms with van der Waals surface area (Å²) in [7, 11) is 1.67. The number of hydrogen-bond acceptors (Lipinski definition) is 4. The number of nitrogens with zero attached hydrogens (tertiary/aromatic N) is 2. The van der Waals surface area contributed by atoms with Crippen molar-refractivity contribution in [3.05, 3.63) is 16.5 Å². The van der Waals surface area contributed by atoms with Gasteiger partial charge < -0.3 is 10.1 Å². The number of halogens is 1. The van der Waals surface area contributed by atoms with Crippen molar-refractivity contribution in [3.63, 3.8) is 0 Å². The number of nitrogens with one attached hydrogen (secondary N) is 1. The largest absolute Gasteiger partial charge is 0.383 e. The van der Waals surface area contributed by atoms with Crippen LogP contribution in [0.1, 0.15) is 24.7 Å². The highest BCUT2D eigenvalue weighted by atomic mass is 35.5. The van der Waals surface area contributed by atoms with Crippen LogP contribution in [0.2, 0.25) is 5.15 Å². The normalized spacial score (nSPS) is 10.5. The molecule has 1 aromatic heterocycles. The van der Waals surface area contributed by atoms with Crippen LogP contribution in [0.3, 0.4) is 0 Å². The third-order valence-corrected chi connectivity index (χ3v) is 2.57. The molecule has 0 radical (unpaired) electrons. The number of hydrogen-bond donors (Lipinski definition) is 1. The molecule has 0 spiro atoms. The molecule has 0 aliphatic rings. The van der Waals surface area contributed by atoms with Crippen LogP contribution < -0.4 is 5.32 Å². The SMILES string of the molecule is CCCc1nc(Cl)c(C)c(NCCOC)n1. The molecule has 0 bridgehead atoms. The van der Waals surface area contributed by atoms with Crippen LogP contribution in [0.4, 0.5) is 5.82 Å². The fourth-order valence-electron chi connectivity index (χ4n) is 1.31. The summed E-state index contributed by atoms with van der Waals surface area (Å²) in [5.74, 6) is 1.60. The van der Waals surface area contributed by atoms with Crippen LogP contribution in [0.25, 0.3) is 0 Å². The maximum atomic E-state index is 6.05. The molecule has 0 aliphatic heterocycles. The third kappa shape index (κ3) is 3.61. The molecule has 1 N–H and O–H groups in total. The van der Waals surface area contributed by atoms with E-state index in [9.17, 15) is 0 Å². The van der Waals surface area contributed by atoms with Gasteiger partial charge in [-0.3, -0.25) is 0 Å². The second kappa shape index (κ2) is 6.66. The molecule has 0 aromatic carbocycles. The Morgan fingerprint density at radius 2 is 2.12 bits per heavy atom. The Morgan fingerprint density at radius 1 is 1.38 bits per heavy atom. The first kappa shape index (κ1) is 13.2. The number of anilines is 1. The summed E-state index contributed by atoms with van der Waals surface area (Å²) in [5, 5.41) is 3.72. The average molecular weight is 244 g/mol. The summed E-state index contributed by atoms with van der Waals surface area (Å²) in [6.45, 7) is 5.36. The van der Waals surface area contributed by atoms with Crippen molar-refractivity contribution in [2.24, 2.45) is 0 Å². The van der Waals surface area contributed by atoms with Crippen molar-refractivity contribution in [2.45, 2.75) is 26.7 Å². The average Bonchev–Trinajstić information content (AvgIpc) is 2.25. The maximum Gasteiger partial charge on any atom is 0.137 e. The van der Waals surface area contributed by atoms with Crippen molar-refractivity contribution >= 4 is 17.4 Å². The summed E-state index contributed by atoms with van der Waals surface area (Å²) >= 11 is 6.05. The molecule has 0 atom stereocenters. The van der Waals surface area contributed by atoms with Gasteiger partial charge in [0.1, 0.15) is 16.8 Å². The molecular weight excluding hydrogens is 226 g/mol. The zero-order chi connectivity index (χ0) is 12.0. The van der Waals surface area contributed by atoms with Gasteiger partial charge in [-0.25, -0.2) is 9.97 Å². The van der Waals surface area contributed by atoms with Gasteiger partial charge in [0.2, 0.25) is 0 Å². The van der Waals surface area contributed by atoms with E-state index in [0.717, 1.165) is 36.6 Å². The Hall–Kier alpha value is -0.870. The molecule has 0 amide bonds. The van der Waals surface area contributed by atoms with Crippen molar-refractivity contribution in [3.8, 4) is 0 Å². The summed E-state index contributed by atoms with van der Waals surface area (Å²) in [6, 6.07) is 0. The lowest BCUT2D eigenvalue weighted by molar-refractivity contribution is 0.210. The van der Waals surface area contributed by atoms with E-state index < -0.39 is 0 Å². The first-order valence-corrected chi connectivity index (χ1v) is 5.82. The van der Waals surface area contributed by atoms with Gasteiger partial charge in [-0.15, -0.1) is 0 Å². The highest BCUT2D eigenvalue weighted by molar-refractivity contribution is 6.30. The quantitative estimate of drug-likeness (QED) is 0.616. The van der Waals surface area contributed by atoms with Gasteiger partial charge in [-0.05, 0) is 13.3 Å². The van der Waals surface area contributed by atoms with E-state index in [2.05, 4.69) is 22.2 Å². The van der Waals surface area contributed by atoms with E-state index in [4.69, 9.17) is 16.3 Å². The van der Waals surface area contributed by atoms with Gasteiger partial charge in [-0.2, -0.15) is 0 Å². The smallest absolute Gasteiger partial charge is 0.137 e. The lowest BCUT2D eigenvalue weighted by atomic mass is 10.3. The second-order valence-corrected chi connectivity index (χ2v) is 3.93. The monoisotopic (exact) mass is 243 g/mol. The zero-order valence-corrected chi connectivity index (χ0v) is 10.8. The number of methoxy groups -OCH3 is 1. The third-order valence-electron chi connectivity index (χ3n) is 2.20. The van der Waals surface area contributed by atoms with Gasteiger partial charge in [0, 0.05) is 25.6 Å². The van der Waals surface area contributed by atoms with Gasteiger partial charge in [0.25, 0.3) is 0 Å². The molecule has 5 heteroatoms. The van der Waals surface area contributed by atoms with Gasteiger partial charge in [0.05, 0.1) is 6.61 Å². The van der Waals surface area contributed by atoms with Gasteiger partial charge >= 0.3 is 0 Å². The van der Waals surface area contributed by atoms with Crippen LogP contribution in [0.15, 0.2) is 0 Å². The minimum Gasteiger partial charge on any atom is -0.383 e.